The quantitative estimate of drug-likeness (QED) is 0.651. The molecule has 0 saturated heterocycles. The van der Waals surface area contributed by atoms with Crippen molar-refractivity contribution in [3.8, 4) is 17.5 Å². The second-order valence-corrected chi connectivity index (χ2v) is 8.63. The molecule has 7 nitrogen and oxygen atoms in total. The Kier molecular flexibility index (Phi) is 5.81. The summed E-state index contributed by atoms with van der Waals surface area (Å²) in [4.78, 5) is 13.8. The van der Waals surface area contributed by atoms with E-state index in [1.807, 2.05) is 18.2 Å². The molecule has 2 heterocycles. The maximum Gasteiger partial charge on any atom is 0.262 e. The van der Waals surface area contributed by atoms with Gasteiger partial charge in [0.05, 0.1) is 11.3 Å². The fraction of sp³-hybridized carbons (Fsp3) is 0.364. The van der Waals surface area contributed by atoms with Gasteiger partial charge in [-0.2, -0.15) is 5.26 Å². The average molecular weight is 422 g/mol. The van der Waals surface area contributed by atoms with E-state index in [1.165, 1.54) is 16.2 Å². The minimum Gasteiger partial charge on any atom is -0.482 e. The van der Waals surface area contributed by atoms with Gasteiger partial charge in [-0.1, -0.05) is 19.9 Å². The molecule has 0 radical (unpaired) electrons. The van der Waals surface area contributed by atoms with Gasteiger partial charge in [-0.05, 0) is 54.9 Å². The molecule has 1 unspecified atom stereocenters. The van der Waals surface area contributed by atoms with E-state index in [-0.39, 0.29) is 12.5 Å². The van der Waals surface area contributed by atoms with Gasteiger partial charge in [0.2, 0.25) is 0 Å². The number of hydrogen-bond donors (Lipinski definition) is 1. The van der Waals surface area contributed by atoms with Crippen molar-refractivity contribution in [3.63, 3.8) is 0 Å². The summed E-state index contributed by atoms with van der Waals surface area (Å²) in [5.74, 6) is 0.895. The Morgan fingerprint density at radius 1 is 1.40 bits per heavy atom. The molecule has 0 spiro atoms. The first kappa shape index (κ1) is 20.1. The van der Waals surface area contributed by atoms with Crippen molar-refractivity contribution in [2.45, 2.75) is 39.5 Å². The van der Waals surface area contributed by atoms with Crippen LogP contribution in [0.2, 0.25) is 0 Å². The van der Waals surface area contributed by atoms with Crippen molar-refractivity contribution in [2.24, 2.45) is 5.92 Å². The summed E-state index contributed by atoms with van der Waals surface area (Å²) >= 11 is 1.52. The second kappa shape index (κ2) is 8.67. The summed E-state index contributed by atoms with van der Waals surface area (Å²) in [5.41, 5.74) is 3.63. The molecule has 1 N–H and O–H groups in total. The predicted octanol–water partition coefficient (Wildman–Crippen LogP) is 3.91. The Morgan fingerprint density at radius 3 is 2.93 bits per heavy atom. The van der Waals surface area contributed by atoms with Gasteiger partial charge in [-0.3, -0.25) is 9.36 Å². The molecule has 0 fully saturated rings. The summed E-state index contributed by atoms with van der Waals surface area (Å²) in [5, 5.41) is 20.8. The highest BCUT2D eigenvalue weighted by molar-refractivity contribution is 7.16. The lowest BCUT2D eigenvalue weighted by atomic mass is 9.89. The van der Waals surface area contributed by atoms with Gasteiger partial charge in [0, 0.05) is 4.88 Å². The van der Waals surface area contributed by atoms with E-state index < -0.39 is 0 Å². The average Bonchev–Trinajstić information content (AvgIpc) is 3.39. The number of carbonyl (C=O) groups excluding carboxylic acids is 1. The monoisotopic (exact) mass is 421 g/mol. The summed E-state index contributed by atoms with van der Waals surface area (Å²) < 4.78 is 7.58. The normalized spacial score (nSPS) is 15.3. The molecule has 4 rings (SSSR count). The van der Waals surface area contributed by atoms with Gasteiger partial charge in [-0.25, -0.2) is 0 Å². The Balaban J connectivity index is 1.48. The van der Waals surface area contributed by atoms with Crippen LogP contribution in [0.3, 0.4) is 0 Å². The molecule has 1 aromatic carbocycles. The zero-order valence-electron chi connectivity index (χ0n) is 17.0. The number of amides is 1. The van der Waals surface area contributed by atoms with Crippen LogP contribution in [0.25, 0.3) is 5.69 Å². The minimum atomic E-state index is -0.285. The molecule has 0 saturated carbocycles. The molecule has 1 atom stereocenters. The molecular weight excluding hydrogens is 398 g/mol. The molecular formula is C22H23N5O2S. The number of hydrogen-bond acceptors (Lipinski definition) is 6. The second-order valence-electron chi connectivity index (χ2n) is 7.53. The van der Waals surface area contributed by atoms with Gasteiger partial charge >= 0.3 is 0 Å². The maximum atomic E-state index is 12.6. The number of anilines is 1. The summed E-state index contributed by atoms with van der Waals surface area (Å²) in [7, 11) is 0. The molecule has 3 aromatic rings. The molecule has 1 aliphatic rings. The van der Waals surface area contributed by atoms with Crippen LogP contribution in [0.4, 0.5) is 5.00 Å². The largest absolute Gasteiger partial charge is 0.482 e. The SMILES string of the molecule is CCc1ccc(OCC(=O)Nc2sc3c(c2C#N)CCC(C)C3)c(-n2cnnc2)c1. The number of thiophene rings is 1. The fourth-order valence-electron chi connectivity index (χ4n) is 3.69. The predicted molar refractivity (Wildman–Crippen MR) is 115 cm³/mol. The van der Waals surface area contributed by atoms with Gasteiger partial charge in [0.1, 0.15) is 29.5 Å². The highest BCUT2D eigenvalue weighted by atomic mass is 32.1. The first-order valence-corrected chi connectivity index (χ1v) is 10.9. The highest BCUT2D eigenvalue weighted by Gasteiger charge is 2.24. The number of rotatable bonds is 6. The third-order valence-corrected chi connectivity index (χ3v) is 6.53. The Hall–Kier alpha value is -3.18. The van der Waals surface area contributed by atoms with E-state index in [4.69, 9.17) is 4.74 Å². The molecule has 154 valence electrons. The Labute approximate surface area is 179 Å². The van der Waals surface area contributed by atoms with Crippen LogP contribution in [0.5, 0.6) is 5.75 Å². The number of nitriles is 1. The molecule has 8 heteroatoms. The lowest BCUT2D eigenvalue weighted by Crippen LogP contribution is -2.20. The molecule has 1 aliphatic carbocycles. The van der Waals surface area contributed by atoms with Crippen LogP contribution in [-0.2, 0) is 24.1 Å². The van der Waals surface area contributed by atoms with E-state index in [9.17, 15) is 10.1 Å². The smallest absolute Gasteiger partial charge is 0.262 e. The zero-order chi connectivity index (χ0) is 21.1. The number of aryl methyl sites for hydroxylation is 1. The van der Waals surface area contributed by atoms with Gasteiger partial charge in [-0.15, -0.1) is 21.5 Å². The molecule has 0 bridgehead atoms. The first-order valence-electron chi connectivity index (χ1n) is 10.0. The van der Waals surface area contributed by atoms with E-state index in [1.54, 1.807) is 17.2 Å². The van der Waals surface area contributed by atoms with Crippen molar-refractivity contribution in [1.29, 1.82) is 5.26 Å². The maximum absolute atomic E-state index is 12.6. The van der Waals surface area contributed by atoms with Crippen LogP contribution < -0.4 is 10.1 Å². The first-order chi connectivity index (χ1) is 14.6. The van der Waals surface area contributed by atoms with Gasteiger partial charge in [0.15, 0.2) is 6.61 Å². The third-order valence-electron chi connectivity index (χ3n) is 5.36. The number of nitrogens with one attached hydrogen (secondary N) is 1. The number of nitrogens with zero attached hydrogens (tertiary/aromatic N) is 4. The number of carbonyl (C=O) groups is 1. The molecule has 0 aliphatic heterocycles. The van der Waals surface area contributed by atoms with Crippen molar-refractivity contribution in [1.82, 2.24) is 14.8 Å². The summed E-state index contributed by atoms with van der Waals surface area (Å²) in [6.45, 7) is 4.15. The van der Waals surface area contributed by atoms with Crippen LogP contribution in [0.1, 0.15) is 41.8 Å². The Bertz CT molecular complexity index is 1100. The van der Waals surface area contributed by atoms with E-state index in [0.717, 1.165) is 42.5 Å². The number of aromatic nitrogens is 3. The van der Waals surface area contributed by atoms with E-state index >= 15 is 0 Å². The van der Waals surface area contributed by atoms with Crippen molar-refractivity contribution in [3.05, 3.63) is 52.4 Å². The summed E-state index contributed by atoms with van der Waals surface area (Å²) in [6.07, 6.45) is 7.01. The number of ether oxygens (including phenoxy) is 1. The number of fused-ring (bicyclic) bond motifs is 1. The lowest BCUT2D eigenvalue weighted by molar-refractivity contribution is -0.118. The van der Waals surface area contributed by atoms with Crippen LogP contribution in [0.15, 0.2) is 30.9 Å². The number of benzene rings is 1. The van der Waals surface area contributed by atoms with Crippen molar-refractivity contribution in [2.75, 3.05) is 11.9 Å². The van der Waals surface area contributed by atoms with Crippen LogP contribution >= 0.6 is 11.3 Å². The zero-order valence-corrected chi connectivity index (χ0v) is 17.8. The van der Waals surface area contributed by atoms with E-state index in [2.05, 4.69) is 35.4 Å². The fourth-order valence-corrected chi connectivity index (χ4v) is 5.07. The topological polar surface area (TPSA) is 92.8 Å². The van der Waals surface area contributed by atoms with E-state index in [0.29, 0.717) is 22.2 Å². The van der Waals surface area contributed by atoms with Crippen LogP contribution in [0, 0.1) is 17.2 Å². The van der Waals surface area contributed by atoms with Gasteiger partial charge in [0.25, 0.3) is 5.91 Å². The third kappa shape index (κ3) is 4.07. The standard InChI is InChI=1S/C22H23N5O2S/c1-3-15-5-7-19(18(9-15)27-12-24-25-13-27)29-11-21(28)26-22-17(10-23)16-6-4-14(2)8-20(16)30-22/h5,7,9,12-14H,3-4,6,8,11H2,1-2H3,(H,26,28). The van der Waals surface area contributed by atoms with Crippen LogP contribution in [-0.4, -0.2) is 27.3 Å². The molecule has 1 amide bonds. The molecule has 2 aromatic heterocycles. The minimum absolute atomic E-state index is 0.148. The van der Waals surface area contributed by atoms with Gasteiger partial charge < -0.3 is 10.1 Å². The summed E-state index contributed by atoms with van der Waals surface area (Å²) in [6, 6.07) is 8.10. The highest BCUT2D eigenvalue weighted by Crippen LogP contribution is 2.39. The lowest BCUT2D eigenvalue weighted by Gasteiger charge is -2.17. The van der Waals surface area contributed by atoms with Crippen molar-refractivity contribution < 1.29 is 9.53 Å². The van der Waals surface area contributed by atoms with Crippen molar-refractivity contribution >= 4 is 22.2 Å². The Morgan fingerprint density at radius 2 is 2.20 bits per heavy atom. The molecule has 30 heavy (non-hydrogen) atoms.